The summed E-state index contributed by atoms with van der Waals surface area (Å²) in [6, 6.07) is 16.5. The Kier molecular flexibility index (Phi) is 8.26. The van der Waals surface area contributed by atoms with Crippen molar-refractivity contribution in [2.75, 3.05) is 31.6 Å². The maximum absolute atomic E-state index is 13.1. The van der Waals surface area contributed by atoms with Crippen molar-refractivity contribution in [2.24, 2.45) is 5.92 Å². The molecule has 0 spiro atoms. The van der Waals surface area contributed by atoms with Crippen LogP contribution in [0.4, 0.5) is 10.5 Å². The lowest BCUT2D eigenvalue weighted by Crippen LogP contribution is -2.41. The monoisotopic (exact) mass is 486 g/mol. The van der Waals surface area contributed by atoms with E-state index in [0.717, 1.165) is 42.7 Å². The molecule has 0 N–H and O–H groups in total. The summed E-state index contributed by atoms with van der Waals surface area (Å²) >= 11 is 0. The van der Waals surface area contributed by atoms with Gasteiger partial charge in [-0.2, -0.15) is 0 Å². The van der Waals surface area contributed by atoms with Crippen LogP contribution in [0.15, 0.2) is 48.5 Å². The number of hydrogen-bond acceptors (Lipinski definition) is 5. The van der Waals surface area contributed by atoms with Gasteiger partial charge in [0.15, 0.2) is 0 Å². The number of carbonyl (C=O) groups is 2. The number of para-hydroxylation sites is 1. The van der Waals surface area contributed by atoms with Crippen molar-refractivity contribution >= 4 is 30.2 Å². The quantitative estimate of drug-likeness (QED) is 0.557. The molecule has 184 valence electrons. The first-order chi connectivity index (χ1) is 15.8. The zero-order valence-corrected chi connectivity index (χ0v) is 21.3. The fraction of sp³-hybridized carbons (Fsp3) is 0.481. The predicted octanol–water partition coefficient (Wildman–Crippen LogP) is 5.18. The molecule has 6 nitrogen and oxygen atoms in total. The van der Waals surface area contributed by atoms with Gasteiger partial charge < -0.3 is 9.47 Å². The summed E-state index contributed by atoms with van der Waals surface area (Å²) < 4.78 is 10.9. The molecule has 1 fully saturated rings. The molecule has 34 heavy (non-hydrogen) atoms. The number of rotatable bonds is 4. The number of benzene rings is 2. The molecular formula is C27H35ClN2O4. The van der Waals surface area contributed by atoms with Gasteiger partial charge in [0.05, 0.1) is 18.7 Å². The van der Waals surface area contributed by atoms with Crippen molar-refractivity contribution in [2.45, 2.75) is 51.7 Å². The largest absolute Gasteiger partial charge is 0.469 e. The second kappa shape index (κ2) is 10.8. The molecule has 4 rings (SSSR count). The van der Waals surface area contributed by atoms with E-state index in [9.17, 15) is 9.59 Å². The van der Waals surface area contributed by atoms with Gasteiger partial charge in [0.1, 0.15) is 5.60 Å². The van der Waals surface area contributed by atoms with E-state index in [1.165, 1.54) is 12.7 Å². The van der Waals surface area contributed by atoms with E-state index < -0.39 is 5.60 Å². The van der Waals surface area contributed by atoms with Crippen LogP contribution in [-0.2, 0) is 27.2 Å². The highest BCUT2D eigenvalue weighted by atomic mass is 35.5. The number of aryl methyl sites for hydroxylation is 1. The highest BCUT2D eigenvalue weighted by molar-refractivity contribution is 5.91. The third-order valence-electron chi connectivity index (χ3n) is 6.41. The minimum absolute atomic E-state index is 0. The first-order valence-electron chi connectivity index (χ1n) is 11.7. The van der Waals surface area contributed by atoms with Gasteiger partial charge in [-0.3, -0.25) is 14.6 Å². The summed E-state index contributed by atoms with van der Waals surface area (Å²) in [5, 5.41) is 0. The maximum Gasteiger partial charge on any atom is 0.414 e. The van der Waals surface area contributed by atoms with Gasteiger partial charge >= 0.3 is 12.1 Å². The van der Waals surface area contributed by atoms with E-state index in [0.29, 0.717) is 13.1 Å². The topological polar surface area (TPSA) is 59.1 Å². The number of amides is 1. The van der Waals surface area contributed by atoms with Crippen LogP contribution in [0.25, 0.3) is 0 Å². The normalized spacial score (nSPS) is 20.3. The van der Waals surface area contributed by atoms with Crippen LogP contribution in [-0.4, -0.2) is 49.3 Å². The van der Waals surface area contributed by atoms with Gasteiger partial charge in [0, 0.05) is 32.1 Å². The first kappa shape index (κ1) is 26.0. The molecule has 0 saturated carbocycles. The number of likely N-dealkylation sites (tertiary alicyclic amines) is 1. The summed E-state index contributed by atoms with van der Waals surface area (Å²) in [6.07, 6.45) is 1.47. The van der Waals surface area contributed by atoms with E-state index in [1.807, 2.05) is 45.0 Å². The van der Waals surface area contributed by atoms with Gasteiger partial charge in [-0.15, -0.1) is 12.4 Å². The Bertz CT molecular complexity index is 1010. The highest BCUT2D eigenvalue weighted by Crippen LogP contribution is 2.42. The summed E-state index contributed by atoms with van der Waals surface area (Å²) in [7, 11) is 1.45. The molecule has 2 aliphatic rings. The molecule has 2 aromatic carbocycles. The molecule has 0 radical (unpaired) electrons. The molecular weight excluding hydrogens is 452 g/mol. The second-order valence-electron chi connectivity index (χ2n) is 10.0. The van der Waals surface area contributed by atoms with E-state index in [-0.39, 0.29) is 36.3 Å². The Morgan fingerprint density at radius 1 is 1.03 bits per heavy atom. The maximum atomic E-state index is 13.1. The van der Waals surface area contributed by atoms with Crippen LogP contribution >= 0.6 is 12.4 Å². The molecule has 1 saturated heterocycles. The third-order valence-corrected chi connectivity index (χ3v) is 6.41. The summed E-state index contributed by atoms with van der Waals surface area (Å²) in [5.41, 5.74) is 3.72. The number of anilines is 1. The van der Waals surface area contributed by atoms with Crippen molar-refractivity contribution in [3.63, 3.8) is 0 Å². The number of esters is 1. The Morgan fingerprint density at radius 2 is 1.76 bits per heavy atom. The van der Waals surface area contributed by atoms with Crippen molar-refractivity contribution in [3.05, 3.63) is 65.2 Å². The number of fused-ring (bicyclic) bond motifs is 1. The molecule has 2 aromatic rings. The van der Waals surface area contributed by atoms with Crippen LogP contribution in [0.2, 0.25) is 0 Å². The van der Waals surface area contributed by atoms with Crippen molar-refractivity contribution < 1.29 is 19.1 Å². The SMILES string of the molecule is COC(=O)[C@H]1CN(Cc2ccccc2)C[C@H]1c1cccc2c1N(C(=O)OC(C)(C)C)CCC2.Cl. The van der Waals surface area contributed by atoms with Crippen molar-refractivity contribution in [1.29, 1.82) is 0 Å². The molecule has 0 unspecified atom stereocenters. The smallest absolute Gasteiger partial charge is 0.414 e. The predicted molar refractivity (Wildman–Crippen MR) is 136 cm³/mol. The first-order valence-corrected chi connectivity index (χ1v) is 11.7. The number of methoxy groups -OCH3 is 1. The van der Waals surface area contributed by atoms with Crippen LogP contribution in [0.5, 0.6) is 0 Å². The summed E-state index contributed by atoms with van der Waals surface area (Å²) in [5.74, 6) is -0.542. The minimum atomic E-state index is -0.571. The lowest BCUT2D eigenvalue weighted by Gasteiger charge is -2.35. The Balaban J connectivity index is 0.00000324. The number of halogens is 1. The van der Waals surface area contributed by atoms with Gasteiger partial charge in [-0.25, -0.2) is 4.79 Å². The third kappa shape index (κ3) is 5.73. The molecule has 0 aromatic heterocycles. The van der Waals surface area contributed by atoms with Gasteiger partial charge in [0.25, 0.3) is 0 Å². The van der Waals surface area contributed by atoms with Gasteiger partial charge in [-0.1, -0.05) is 48.5 Å². The lowest BCUT2D eigenvalue weighted by atomic mass is 9.84. The van der Waals surface area contributed by atoms with Crippen LogP contribution < -0.4 is 4.90 Å². The average Bonchev–Trinajstić information content (AvgIpc) is 3.20. The number of ether oxygens (including phenoxy) is 2. The van der Waals surface area contributed by atoms with Crippen molar-refractivity contribution in [1.82, 2.24) is 4.90 Å². The molecule has 2 aliphatic heterocycles. The van der Waals surface area contributed by atoms with E-state index in [2.05, 4.69) is 29.2 Å². The lowest BCUT2D eigenvalue weighted by molar-refractivity contribution is -0.145. The van der Waals surface area contributed by atoms with Crippen LogP contribution in [0.1, 0.15) is 49.8 Å². The summed E-state index contributed by atoms with van der Waals surface area (Å²) in [6.45, 7) is 8.39. The van der Waals surface area contributed by atoms with Gasteiger partial charge in [-0.05, 0) is 50.3 Å². The summed E-state index contributed by atoms with van der Waals surface area (Å²) in [4.78, 5) is 30.0. The standard InChI is InChI=1S/C27H34N2O4.ClH/c1-27(2,3)33-26(31)29-15-9-13-20-12-8-14-21(24(20)29)22-17-28(18-23(22)25(30)32-4)16-19-10-6-5-7-11-19;/h5-8,10-12,14,22-23H,9,13,15-18H2,1-4H3;1H/t22-,23-;/m0./s1. The van der Waals surface area contributed by atoms with E-state index in [1.54, 1.807) is 4.90 Å². The van der Waals surface area contributed by atoms with Crippen LogP contribution in [0.3, 0.4) is 0 Å². The molecule has 2 atom stereocenters. The van der Waals surface area contributed by atoms with Gasteiger partial charge in [0.2, 0.25) is 0 Å². The molecule has 0 bridgehead atoms. The number of nitrogens with zero attached hydrogens (tertiary/aromatic N) is 2. The molecule has 1 amide bonds. The second-order valence-corrected chi connectivity index (χ2v) is 10.0. The fourth-order valence-corrected chi connectivity index (χ4v) is 5.04. The Labute approximate surface area is 208 Å². The van der Waals surface area contributed by atoms with E-state index in [4.69, 9.17) is 9.47 Å². The number of hydrogen-bond donors (Lipinski definition) is 0. The minimum Gasteiger partial charge on any atom is -0.469 e. The Morgan fingerprint density at radius 3 is 2.44 bits per heavy atom. The molecule has 0 aliphatic carbocycles. The molecule has 2 heterocycles. The van der Waals surface area contributed by atoms with Crippen molar-refractivity contribution in [3.8, 4) is 0 Å². The average molecular weight is 487 g/mol. The Hall–Kier alpha value is -2.57. The zero-order valence-electron chi connectivity index (χ0n) is 20.5. The fourth-order valence-electron chi connectivity index (χ4n) is 5.04. The number of carbonyl (C=O) groups excluding carboxylic acids is 2. The zero-order chi connectivity index (χ0) is 23.6. The highest BCUT2D eigenvalue weighted by Gasteiger charge is 2.42. The van der Waals surface area contributed by atoms with Crippen LogP contribution in [0, 0.1) is 5.92 Å². The molecule has 7 heteroatoms. The van der Waals surface area contributed by atoms with E-state index >= 15 is 0 Å².